The van der Waals surface area contributed by atoms with Crippen molar-refractivity contribution < 1.29 is 14.7 Å². The molecule has 0 unspecified atom stereocenters. The molecule has 0 saturated carbocycles. The van der Waals surface area contributed by atoms with Crippen molar-refractivity contribution in [2.24, 2.45) is 0 Å². The number of carbonyl (C=O) groups excluding carboxylic acids is 1. The number of pyridine rings is 1. The van der Waals surface area contributed by atoms with Gasteiger partial charge in [0.05, 0.1) is 11.9 Å². The van der Waals surface area contributed by atoms with Gasteiger partial charge in [0.1, 0.15) is 6.04 Å². The average Bonchev–Trinajstić information content (AvgIpc) is 2.87. The third-order valence-electron chi connectivity index (χ3n) is 3.10. The van der Waals surface area contributed by atoms with E-state index in [-0.39, 0.29) is 6.03 Å². The fourth-order valence-electron chi connectivity index (χ4n) is 2.11. The lowest BCUT2D eigenvalue weighted by atomic mass is 10.2. The Kier molecular flexibility index (Phi) is 3.45. The van der Waals surface area contributed by atoms with Crippen LogP contribution in [0.1, 0.15) is 12.8 Å². The van der Waals surface area contributed by atoms with Crippen LogP contribution in [-0.4, -0.2) is 46.6 Å². The highest BCUT2D eigenvalue weighted by Gasteiger charge is 2.35. The van der Waals surface area contributed by atoms with Crippen LogP contribution in [0.4, 0.5) is 10.5 Å². The van der Waals surface area contributed by atoms with Gasteiger partial charge in [-0.2, -0.15) is 0 Å². The first-order valence-electron chi connectivity index (χ1n) is 5.78. The summed E-state index contributed by atoms with van der Waals surface area (Å²) in [6.07, 6.45) is 4.44. The number of amides is 2. The zero-order chi connectivity index (χ0) is 13.1. The molecule has 0 aliphatic carbocycles. The van der Waals surface area contributed by atoms with E-state index in [0.29, 0.717) is 18.7 Å². The predicted molar refractivity (Wildman–Crippen MR) is 65.4 cm³/mol. The number of hydrogen-bond donors (Lipinski definition) is 1. The third-order valence-corrected chi connectivity index (χ3v) is 3.10. The number of aliphatic carboxylic acids is 1. The van der Waals surface area contributed by atoms with Crippen LogP contribution < -0.4 is 4.90 Å². The van der Waals surface area contributed by atoms with Gasteiger partial charge in [-0.3, -0.25) is 9.88 Å². The number of hydrogen-bond acceptors (Lipinski definition) is 3. The molecule has 1 atom stereocenters. The van der Waals surface area contributed by atoms with Gasteiger partial charge >= 0.3 is 12.0 Å². The molecule has 1 aromatic rings. The van der Waals surface area contributed by atoms with E-state index in [1.54, 1.807) is 31.6 Å². The number of anilines is 1. The molecule has 2 amide bonds. The van der Waals surface area contributed by atoms with E-state index in [9.17, 15) is 9.59 Å². The number of rotatable bonds is 2. The Morgan fingerprint density at radius 2 is 2.33 bits per heavy atom. The first-order valence-corrected chi connectivity index (χ1v) is 5.78. The minimum Gasteiger partial charge on any atom is -0.480 e. The smallest absolute Gasteiger partial charge is 0.326 e. The monoisotopic (exact) mass is 249 g/mol. The van der Waals surface area contributed by atoms with Crippen LogP contribution in [0.3, 0.4) is 0 Å². The van der Waals surface area contributed by atoms with Crippen LogP contribution in [0.25, 0.3) is 0 Å². The minimum absolute atomic E-state index is 0.298. The summed E-state index contributed by atoms with van der Waals surface area (Å²) in [5.41, 5.74) is 0.651. The molecule has 0 radical (unpaired) electrons. The average molecular weight is 249 g/mol. The van der Waals surface area contributed by atoms with Crippen molar-refractivity contribution in [1.29, 1.82) is 0 Å². The molecular weight excluding hydrogens is 234 g/mol. The van der Waals surface area contributed by atoms with Crippen LogP contribution >= 0.6 is 0 Å². The van der Waals surface area contributed by atoms with Gasteiger partial charge in [-0.1, -0.05) is 0 Å². The van der Waals surface area contributed by atoms with E-state index in [1.165, 1.54) is 9.80 Å². The zero-order valence-corrected chi connectivity index (χ0v) is 10.1. The first-order chi connectivity index (χ1) is 8.61. The largest absolute Gasteiger partial charge is 0.480 e. The maximum Gasteiger partial charge on any atom is 0.326 e. The maximum absolute atomic E-state index is 12.2. The van der Waals surface area contributed by atoms with Crippen LogP contribution in [0.15, 0.2) is 24.5 Å². The van der Waals surface area contributed by atoms with Gasteiger partial charge in [-0.25, -0.2) is 9.59 Å². The molecule has 1 aliphatic heterocycles. The highest BCUT2D eigenvalue weighted by molar-refractivity contribution is 5.94. The summed E-state index contributed by atoms with van der Waals surface area (Å²) >= 11 is 0. The van der Waals surface area contributed by atoms with Gasteiger partial charge in [-0.15, -0.1) is 0 Å². The van der Waals surface area contributed by atoms with E-state index in [2.05, 4.69) is 4.98 Å². The lowest BCUT2D eigenvalue weighted by Gasteiger charge is -2.27. The molecule has 0 spiro atoms. The molecule has 0 aromatic carbocycles. The Labute approximate surface area is 105 Å². The van der Waals surface area contributed by atoms with Gasteiger partial charge in [0.2, 0.25) is 0 Å². The molecule has 1 fully saturated rings. The van der Waals surface area contributed by atoms with Gasteiger partial charge in [0.15, 0.2) is 0 Å². The number of nitrogens with zero attached hydrogens (tertiary/aromatic N) is 3. The molecule has 6 heteroatoms. The summed E-state index contributed by atoms with van der Waals surface area (Å²) in [5.74, 6) is -0.944. The molecule has 1 saturated heterocycles. The van der Waals surface area contributed by atoms with Crippen molar-refractivity contribution in [3.05, 3.63) is 24.5 Å². The summed E-state index contributed by atoms with van der Waals surface area (Å²) in [5, 5.41) is 9.06. The van der Waals surface area contributed by atoms with Crippen molar-refractivity contribution in [2.75, 3.05) is 18.5 Å². The fraction of sp³-hybridized carbons (Fsp3) is 0.417. The van der Waals surface area contributed by atoms with Crippen LogP contribution in [0.5, 0.6) is 0 Å². The number of carbonyl (C=O) groups is 2. The van der Waals surface area contributed by atoms with Crippen LogP contribution in [0, 0.1) is 0 Å². The summed E-state index contributed by atoms with van der Waals surface area (Å²) in [6.45, 7) is 0.487. The zero-order valence-electron chi connectivity index (χ0n) is 10.1. The van der Waals surface area contributed by atoms with Crippen molar-refractivity contribution in [3.8, 4) is 0 Å². The van der Waals surface area contributed by atoms with E-state index in [1.807, 2.05) is 0 Å². The fourth-order valence-corrected chi connectivity index (χ4v) is 2.11. The van der Waals surface area contributed by atoms with E-state index in [0.717, 1.165) is 6.42 Å². The molecule has 1 N–H and O–H groups in total. The number of likely N-dealkylation sites (tertiary alicyclic amines) is 1. The Bertz CT molecular complexity index is 449. The second kappa shape index (κ2) is 5.03. The SMILES string of the molecule is CN(C(=O)N1CCC[C@@H]1C(=O)O)c1cccnc1. The number of urea groups is 1. The van der Waals surface area contributed by atoms with Crippen molar-refractivity contribution in [1.82, 2.24) is 9.88 Å². The second-order valence-electron chi connectivity index (χ2n) is 4.24. The first kappa shape index (κ1) is 12.3. The summed E-state index contributed by atoms with van der Waals surface area (Å²) in [7, 11) is 1.62. The highest BCUT2D eigenvalue weighted by atomic mass is 16.4. The second-order valence-corrected chi connectivity index (χ2v) is 4.24. The molecule has 18 heavy (non-hydrogen) atoms. The van der Waals surface area contributed by atoms with E-state index >= 15 is 0 Å². The Hall–Kier alpha value is -2.11. The normalized spacial score (nSPS) is 18.7. The molecule has 1 aliphatic rings. The molecule has 0 bridgehead atoms. The van der Waals surface area contributed by atoms with Gasteiger partial charge in [0.25, 0.3) is 0 Å². The molecule has 2 rings (SSSR count). The Morgan fingerprint density at radius 3 is 2.94 bits per heavy atom. The van der Waals surface area contributed by atoms with Gasteiger partial charge in [0, 0.05) is 19.8 Å². The number of carboxylic acid groups (broad SMARTS) is 1. The molecular formula is C12H15N3O3. The summed E-state index contributed by atoms with van der Waals surface area (Å²) in [4.78, 5) is 30.0. The number of carboxylic acids is 1. The lowest BCUT2D eigenvalue weighted by molar-refractivity contribution is -0.141. The summed E-state index contributed by atoms with van der Waals surface area (Å²) < 4.78 is 0. The van der Waals surface area contributed by atoms with Crippen molar-refractivity contribution in [2.45, 2.75) is 18.9 Å². The molecule has 96 valence electrons. The molecule has 6 nitrogen and oxygen atoms in total. The van der Waals surface area contributed by atoms with E-state index < -0.39 is 12.0 Å². The quantitative estimate of drug-likeness (QED) is 0.854. The van der Waals surface area contributed by atoms with Crippen LogP contribution in [-0.2, 0) is 4.79 Å². The lowest BCUT2D eigenvalue weighted by Crippen LogP contribution is -2.46. The van der Waals surface area contributed by atoms with Gasteiger partial charge < -0.3 is 10.0 Å². The topological polar surface area (TPSA) is 73.7 Å². The van der Waals surface area contributed by atoms with Crippen molar-refractivity contribution >= 4 is 17.7 Å². The number of aromatic nitrogens is 1. The van der Waals surface area contributed by atoms with Gasteiger partial charge in [-0.05, 0) is 25.0 Å². The minimum atomic E-state index is -0.944. The maximum atomic E-state index is 12.2. The predicted octanol–water partition coefficient (Wildman–Crippen LogP) is 1.19. The Morgan fingerprint density at radius 1 is 1.56 bits per heavy atom. The Balaban J connectivity index is 2.14. The highest BCUT2D eigenvalue weighted by Crippen LogP contribution is 2.21. The van der Waals surface area contributed by atoms with E-state index in [4.69, 9.17) is 5.11 Å². The standard InChI is InChI=1S/C12H15N3O3/c1-14(9-4-2-6-13-8-9)12(18)15-7-3-5-10(15)11(16)17/h2,4,6,8,10H,3,5,7H2,1H3,(H,16,17)/t10-/m1/s1. The summed E-state index contributed by atoms with van der Waals surface area (Å²) in [6, 6.07) is 2.48. The molecule has 1 aromatic heterocycles. The molecule has 2 heterocycles. The third kappa shape index (κ3) is 2.27. The van der Waals surface area contributed by atoms with Crippen LogP contribution in [0.2, 0.25) is 0 Å². The van der Waals surface area contributed by atoms with Crippen molar-refractivity contribution in [3.63, 3.8) is 0 Å².